The van der Waals surface area contributed by atoms with Gasteiger partial charge in [0.2, 0.25) is 0 Å². The molecule has 2 nitrogen and oxygen atoms in total. The predicted molar refractivity (Wildman–Crippen MR) is 100 cm³/mol. The topological polar surface area (TPSA) is 15.3 Å². The third-order valence-corrected chi connectivity index (χ3v) is 5.90. The molecule has 2 aromatic rings. The minimum atomic E-state index is 0.227. The van der Waals surface area contributed by atoms with E-state index >= 15 is 0 Å². The van der Waals surface area contributed by atoms with Crippen LogP contribution in [0.25, 0.3) is 0 Å². The molecule has 0 radical (unpaired) electrons. The van der Waals surface area contributed by atoms with Crippen LogP contribution in [0.2, 0.25) is 0 Å². The van der Waals surface area contributed by atoms with E-state index in [0.29, 0.717) is 0 Å². The van der Waals surface area contributed by atoms with Crippen molar-refractivity contribution in [2.24, 2.45) is 0 Å². The molecule has 0 unspecified atom stereocenters. The van der Waals surface area contributed by atoms with Gasteiger partial charge in [-0.3, -0.25) is 0 Å². The van der Waals surface area contributed by atoms with Crippen molar-refractivity contribution in [2.45, 2.75) is 38.1 Å². The first kappa shape index (κ1) is 15.9. The Balaban J connectivity index is 1.41. The number of likely N-dealkylation sites (tertiary alicyclic amines) is 1. The molecule has 2 aliphatic heterocycles. The molecule has 0 aromatic heterocycles. The molecule has 24 heavy (non-hydrogen) atoms. The zero-order chi connectivity index (χ0) is 16.4. The van der Waals surface area contributed by atoms with Crippen molar-refractivity contribution in [1.29, 1.82) is 0 Å². The lowest BCUT2D eigenvalue weighted by Crippen LogP contribution is -2.54. The molecule has 1 saturated heterocycles. The maximum Gasteiger partial charge on any atom is 0.0461 e. The van der Waals surface area contributed by atoms with Gasteiger partial charge in [0.15, 0.2) is 0 Å². The zero-order valence-corrected chi connectivity index (χ0v) is 14.7. The van der Waals surface area contributed by atoms with Gasteiger partial charge in [-0.1, -0.05) is 54.1 Å². The van der Waals surface area contributed by atoms with Gasteiger partial charge in [0.25, 0.3) is 0 Å². The van der Waals surface area contributed by atoms with E-state index in [1.54, 1.807) is 11.1 Å². The zero-order valence-electron chi connectivity index (χ0n) is 14.7. The standard InChI is InChI=1S/C22H28N2/c1-18-7-8-21-20(17-18)9-13-23-22(21)11-15-24(16-12-22)14-10-19-5-3-2-4-6-19/h2-8,17,23H,9-16H2,1H3. The Kier molecular flexibility index (Phi) is 4.43. The Morgan fingerprint density at radius 3 is 2.62 bits per heavy atom. The van der Waals surface area contributed by atoms with Crippen molar-refractivity contribution in [3.63, 3.8) is 0 Å². The van der Waals surface area contributed by atoms with Crippen LogP contribution < -0.4 is 5.32 Å². The minimum Gasteiger partial charge on any atom is -0.307 e. The number of fused-ring (bicyclic) bond motifs is 2. The highest BCUT2D eigenvalue weighted by Crippen LogP contribution is 2.37. The number of aryl methyl sites for hydroxylation is 1. The molecule has 126 valence electrons. The Morgan fingerprint density at radius 1 is 1.04 bits per heavy atom. The summed E-state index contributed by atoms with van der Waals surface area (Å²) in [6, 6.07) is 17.9. The van der Waals surface area contributed by atoms with Gasteiger partial charge in [-0.05, 0) is 49.3 Å². The highest BCUT2D eigenvalue weighted by atomic mass is 15.2. The van der Waals surface area contributed by atoms with Crippen molar-refractivity contribution in [3.8, 4) is 0 Å². The molecule has 4 rings (SSSR count). The van der Waals surface area contributed by atoms with Crippen molar-refractivity contribution < 1.29 is 0 Å². The monoisotopic (exact) mass is 320 g/mol. The Morgan fingerprint density at radius 2 is 1.83 bits per heavy atom. The molecule has 2 aliphatic rings. The summed E-state index contributed by atoms with van der Waals surface area (Å²) in [5.41, 5.74) is 6.22. The van der Waals surface area contributed by atoms with Crippen LogP contribution in [0.4, 0.5) is 0 Å². The van der Waals surface area contributed by atoms with Crippen LogP contribution in [0, 0.1) is 6.92 Å². The van der Waals surface area contributed by atoms with Crippen LogP contribution in [0.3, 0.4) is 0 Å². The Hall–Kier alpha value is -1.64. The number of nitrogens with one attached hydrogen (secondary N) is 1. The second-order valence-electron chi connectivity index (χ2n) is 7.50. The fourth-order valence-electron chi connectivity index (χ4n) is 4.46. The van der Waals surface area contributed by atoms with E-state index in [0.717, 1.165) is 13.0 Å². The first-order valence-electron chi connectivity index (χ1n) is 9.37. The van der Waals surface area contributed by atoms with Crippen molar-refractivity contribution >= 4 is 0 Å². The van der Waals surface area contributed by atoms with Gasteiger partial charge < -0.3 is 10.2 Å². The molecule has 0 saturated carbocycles. The van der Waals surface area contributed by atoms with Gasteiger partial charge >= 0.3 is 0 Å². The maximum absolute atomic E-state index is 3.88. The van der Waals surface area contributed by atoms with Crippen molar-refractivity contribution in [2.75, 3.05) is 26.2 Å². The number of rotatable bonds is 3. The van der Waals surface area contributed by atoms with Crippen LogP contribution in [0.1, 0.15) is 35.1 Å². The largest absolute Gasteiger partial charge is 0.307 e. The summed E-state index contributed by atoms with van der Waals surface area (Å²) in [7, 11) is 0. The molecule has 1 fully saturated rings. The van der Waals surface area contributed by atoms with E-state index in [2.05, 4.69) is 65.7 Å². The number of piperidine rings is 1. The van der Waals surface area contributed by atoms with Crippen molar-refractivity contribution in [3.05, 3.63) is 70.8 Å². The van der Waals surface area contributed by atoms with E-state index in [4.69, 9.17) is 0 Å². The number of nitrogens with zero attached hydrogens (tertiary/aromatic N) is 1. The minimum absolute atomic E-state index is 0.227. The molecule has 2 aromatic carbocycles. The lowest BCUT2D eigenvalue weighted by molar-refractivity contribution is 0.130. The number of benzene rings is 2. The fourth-order valence-corrected chi connectivity index (χ4v) is 4.46. The second-order valence-corrected chi connectivity index (χ2v) is 7.50. The van der Waals surface area contributed by atoms with Gasteiger partial charge in [0.05, 0.1) is 0 Å². The van der Waals surface area contributed by atoms with Gasteiger partial charge in [0.1, 0.15) is 0 Å². The molecular formula is C22H28N2. The van der Waals surface area contributed by atoms with E-state index in [9.17, 15) is 0 Å². The van der Waals surface area contributed by atoms with Gasteiger partial charge in [-0.2, -0.15) is 0 Å². The van der Waals surface area contributed by atoms with E-state index in [1.807, 2.05) is 0 Å². The summed E-state index contributed by atoms with van der Waals surface area (Å²) in [4.78, 5) is 2.64. The lowest BCUT2D eigenvalue weighted by Gasteiger charge is -2.46. The van der Waals surface area contributed by atoms with Crippen LogP contribution in [0.15, 0.2) is 48.5 Å². The molecule has 0 amide bonds. The molecule has 1 spiro atoms. The highest BCUT2D eigenvalue weighted by molar-refractivity contribution is 5.39. The Labute approximate surface area is 145 Å². The van der Waals surface area contributed by atoms with Gasteiger partial charge in [0, 0.05) is 31.7 Å². The molecule has 0 atom stereocenters. The lowest BCUT2D eigenvalue weighted by atomic mass is 9.75. The first-order valence-corrected chi connectivity index (χ1v) is 9.37. The first-order chi connectivity index (χ1) is 11.8. The van der Waals surface area contributed by atoms with Crippen LogP contribution in [-0.4, -0.2) is 31.1 Å². The second kappa shape index (κ2) is 6.70. The Bertz CT molecular complexity index is 684. The smallest absolute Gasteiger partial charge is 0.0461 e. The summed E-state index contributed by atoms with van der Waals surface area (Å²) in [6.07, 6.45) is 4.81. The van der Waals surface area contributed by atoms with Crippen LogP contribution in [0.5, 0.6) is 0 Å². The van der Waals surface area contributed by atoms with E-state index in [1.165, 1.54) is 50.0 Å². The molecular weight excluding hydrogens is 292 g/mol. The summed E-state index contributed by atoms with van der Waals surface area (Å²) in [5, 5.41) is 3.88. The van der Waals surface area contributed by atoms with Crippen LogP contribution >= 0.6 is 0 Å². The average molecular weight is 320 g/mol. The maximum atomic E-state index is 3.88. The quantitative estimate of drug-likeness (QED) is 0.928. The SMILES string of the molecule is Cc1ccc2c(c1)CCNC21CCN(CCc2ccccc2)CC1. The summed E-state index contributed by atoms with van der Waals surface area (Å²) >= 11 is 0. The van der Waals surface area contributed by atoms with Crippen molar-refractivity contribution in [1.82, 2.24) is 10.2 Å². The summed E-state index contributed by atoms with van der Waals surface area (Å²) < 4.78 is 0. The van der Waals surface area contributed by atoms with Gasteiger partial charge in [-0.25, -0.2) is 0 Å². The molecule has 0 aliphatic carbocycles. The third kappa shape index (κ3) is 3.13. The fraction of sp³-hybridized carbons (Fsp3) is 0.455. The van der Waals surface area contributed by atoms with E-state index < -0.39 is 0 Å². The third-order valence-electron chi connectivity index (χ3n) is 5.90. The molecule has 0 bridgehead atoms. The highest BCUT2D eigenvalue weighted by Gasteiger charge is 2.38. The summed E-state index contributed by atoms with van der Waals surface area (Å²) in [6.45, 7) is 6.92. The number of hydrogen-bond donors (Lipinski definition) is 1. The molecule has 2 heterocycles. The van der Waals surface area contributed by atoms with E-state index in [-0.39, 0.29) is 5.54 Å². The van der Waals surface area contributed by atoms with Gasteiger partial charge in [-0.15, -0.1) is 0 Å². The molecule has 1 N–H and O–H groups in total. The average Bonchev–Trinajstić information content (AvgIpc) is 2.62. The van der Waals surface area contributed by atoms with Crippen LogP contribution in [-0.2, 0) is 18.4 Å². The predicted octanol–water partition coefficient (Wildman–Crippen LogP) is 3.67. The number of hydrogen-bond acceptors (Lipinski definition) is 2. The molecule has 2 heteroatoms. The summed E-state index contributed by atoms with van der Waals surface area (Å²) in [5.74, 6) is 0. The normalized spacial score (nSPS) is 20.0.